The van der Waals surface area contributed by atoms with E-state index in [2.05, 4.69) is 0 Å². The number of phenolic OH excluding ortho intramolecular Hbond substituents is 1. The quantitative estimate of drug-likeness (QED) is 0.659. The van der Waals surface area contributed by atoms with Gasteiger partial charge in [-0.05, 0) is 55.7 Å². The molecule has 1 aliphatic rings. The van der Waals surface area contributed by atoms with Crippen LogP contribution in [-0.4, -0.2) is 20.7 Å². The lowest BCUT2D eigenvalue weighted by atomic mass is 10.0. The van der Waals surface area contributed by atoms with Crippen molar-refractivity contribution < 1.29 is 19.4 Å². The minimum absolute atomic E-state index is 0.0344. The number of carbonyl (C=O) groups is 1. The third-order valence-corrected chi connectivity index (χ3v) is 5.09. The molecule has 0 unspecified atom stereocenters. The van der Waals surface area contributed by atoms with Gasteiger partial charge in [0, 0.05) is 28.4 Å². The maximum absolute atomic E-state index is 14.6. The van der Waals surface area contributed by atoms with Gasteiger partial charge in [-0.1, -0.05) is 0 Å². The van der Waals surface area contributed by atoms with Crippen LogP contribution >= 0.6 is 0 Å². The van der Waals surface area contributed by atoms with E-state index in [1.165, 1.54) is 29.0 Å². The van der Waals surface area contributed by atoms with E-state index in [0.717, 1.165) is 6.07 Å². The van der Waals surface area contributed by atoms with Crippen LogP contribution in [0, 0.1) is 12.7 Å². The molecule has 0 amide bonds. The van der Waals surface area contributed by atoms with Gasteiger partial charge in [0.1, 0.15) is 17.1 Å². The minimum atomic E-state index is -1.39. The number of phenols is 1. The van der Waals surface area contributed by atoms with Crippen LogP contribution in [0.3, 0.4) is 0 Å². The Hall–Kier alpha value is -3.19. The summed E-state index contributed by atoms with van der Waals surface area (Å²) in [6.45, 7) is 1.75. The van der Waals surface area contributed by atoms with E-state index in [9.17, 15) is 24.2 Å². The number of fused-ring (bicyclic) bond motifs is 1. The number of aromatic nitrogens is 1. The van der Waals surface area contributed by atoms with Crippen LogP contribution in [0.1, 0.15) is 34.3 Å². The number of aromatic hydroxyl groups is 1. The maximum atomic E-state index is 14.6. The van der Waals surface area contributed by atoms with E-state index in [1.54, 1.807) is 13.0 Å². The van der Waals surface area contributed by atoms with Crippen LogP contribution in [-0.2, 0) is 5.54 Å². The standard InChI is InChI=1S/C20H17FN2O4/c1-10-6-11(24)2-3-16(10)23-9-13(19(26)27)18(25)12-7-15(21)14(8-17(12)23)20(22)4-5-20/h2-3,6-9,24H,4-5,22H2,1H3,(H,26,27). The molecule has 1 aliphatic carbocycles. The van der Waals surface area contributed by atoms with Crippen LogP contribution in [0.15, 0.2) is 41.3 Å². The van der Waals surface area contributed by atoms with Gasteiger partial charge in [0.15, 0.2) is 0 Å². The number of hydrogen-bond donors (Lipinski definition) is 3. The summed E-state index contributed by atoms with van der Waals surface area (Å²) in [6.07, 6.45) is 2.51. The van der Waals surface area contributed by atoms with Crippen molar-refractivity contribution in [2.24, 2.45) is 5.73 Å². The topological polar surface area (TPSA) is 106 Å². The summed E-state index contributed by atoms with van der Waals surface area (Å²) >= 11 is 0. The summed E-state index contributed by atoms with van der Waals surface area (Å²) in [5, 5.41) is 19.0. The van der Waals surface area contributed by atoms with Gasteiger partial charge >= 0.3 is 5.97 Å². The smallest absolute Gasteiger partial charge is 0.341 e. The number of halogens is 1. The Morgan fingerprint density at radius 3 is 2.56 bits per heavy atom. The first-order valence-corrected chi connectivity index (χ1v) is 8.43. The largest absolute Gasteiger partial charge is 0.508 e. The van der Waals surface area contributed by atoms with E-state index in [0.29, 0.717) is 35.2 Å². The highest BCUT2D eigenvalue weighted by atomic mass is 19.1. The third kappa shape index (κ3) is 2.67. The Kier molecular flexibility index (Phi) is 3.61. The maximum Gasteiger partial charge on any atom is 0.341 e. The predicted octanol–water partition coefficient (Wildman–Crippen LogP) is 2.79. The summed E-state index contributed by atoms with van der Waals surface area (Å²) < 4.78 is 16.2. The number of benzene rings is 2. The van der Waals surface area contributed by atoms with Crippen molar-refractivity contribution in [3.8, 4) is 11.4 Å². The first-order chi connectivity index (χ1) is 12.7. The molecule has 0 aliphatic heterocycles. The molecule has 0 radical (unpaired) electrons. The van der Waals surface area contributed by atoms with Gasteiger partial charge in [0.25, 0.3) is 0 Å². The van der Waals surface area contributed by atoms with Crippen LogP contribution in [0.2, 0.25) is 0 Å². The van der Waals surface area contributed by atoms with Crippen molar-refractivity contribution in [2.75, 3.05) is 0 Å². The Bertz CT molecular complexity index is 1180. The lowest BCUT2D eigenvalue weighted by molar-refractivity contribution is 0.0695. The van der Waals surface area contributed by atoms with E-state index in [1.807, 2.05) is 0 Å². The summed E-state index contributed by atoms with van der Waals surface area (Å²) in [6, 6.07) is 7.19. The molecule has 138 valence electrons. The van der Waals surface area contributed by atoms with Crippen molar-refractivity contribution in [3.05, 3.63) is 69.3 Å². The van der Waals surface area contributed by atoms with Crippen LogP contribution in [0.25, 0.3) is 16.6 Å². The zero-order chi connectivity index (χ0) is 19.5. The molecule has 0 saturated heterocycles. The zero-order valence-electron chi connectivity index (χ0n) is 14.5. The number of carboxylic acid groups (broad SMARTS) is 1. The highest BCUT2D eigenvalue weighted by Gasteiger charge is 2.42. The zero-order valence-corrected chi connectivity index (χ0v) is 14.5. The number of aromatic carboxylic acids is 1. The Balaban J connectivity index is 2.13. The van der Waals surface area contributed by atoms with Crippen molar-refractivity contribution in [3.63, 3.8) is 0 Å². The average molecular weight is 368 g/mol. The number of pyridine rings is 1. The summed E-state index contributed by atoms with van der Waals surface area (Å²) in [5.74, 6) is -1.95. The van der Waals surface area contributed by atoms with Gasteiger partial charge < -0.3 is 20.5 Å². The first kappa shape index (κ1) is 17.2. The molecule has 0 bridgehead atoms. The van der Waals surface area contributed by atoms with Crippen molar-refractivity contribution in [2.45, 2.75) is 25.3 Å². The van der Waals surface area contributed by atoms with Crippen molar-refractivity contribution >= 4 is 16.9 Å². The molecule has 6 nitrogen and oxygen atoms in total. The monoisotopic (exact) mass is 368 g/mol. The third-order valence-electron chi connectivity index (χ3n) is 5.09. The number of nitrogens with two attached hydrogens (primary N) is 1. The fourth-order valence-electron chi connectivity index (χ4n) is 3.39. The number of carboxylic acids is 1. The molecular formula is C20H17FN2O4. The summed E-state index contributed by atoms with van der Waals surface area (Å²) in [4.78, 5) is 24.1. The van der Waals surface area contributed by atoms with E-state index < -0.39 is 28.3 Å². The van der Waals surface area contributed by atoms with Gasteiger partial charge in [0.2, 0.25) is 5.43 Å². The lowest BCUT2D eigenvalue weighted by Crippen LogP contribution is -2.23. The average Bonchev–Trinajstić information content (AvgIpc) is 3.34. The molecule has 7 heteroatoms. The second kappa shape index (κ2) is 5.65. The number of rotatable bonds is 3. The van der Waals surface area contributed by atoms with Crippen LogP contribution in [0.5, 0.6) is 5.75 Å². The Morgan fingerprint density at radius 1 is 1.26 bits per heavy atom. The Labute approximate surface area is 153 Å². The van der Waals surface area contributed by atoms with Gasteiger partial charge in [0.05, 0.1) is 5.52 Å². The van der Waals surface area contributed by atoms with Gasteiger partial charge in [-0.25, -0.2) is 9.18 Å². The van der Waals surface area contributed by atoms with Crippen molar-refractivity contribution in [1.82, 2.24) is 4.57 Å². The minimum Gasteiger partial charge on any atom is -0.508 e. The SMILES string of the molecule is Cc1cc(O)ccc1-n1cc(C(=O)O)c(=O)c2cc(F)c(C3(N)CC3)cc21. The number of hydrogen-bond acceptors (Lipinski definition) is 4. The number of nitrogens with zero attached hydrogens (tertiary/aromatic N) is 1. The lowest BCUT2D eigenvalue weighted by Gasteiger charge is -2.18. The summed E-state index contributed by atoms with van der Waals surface area (Å²) in [5.41, 5.74) is 6.10. The molecule has 1 fully saturated rings. The molecule has 2 aromatic carbocycles. The molecular weight excluding hydrogens is 351 g/mol. The fourth-order valence-corrected chi connectivity index (χ4v) is 3.39. The molecule has 4 N–H and O–H groups in total. The molecule has 0 atom stereocenters. The highest BCUT2D eigenvalue weighted by Crippen LogP contribution is 2.44. The van der Waals surface area contributed by atoms with E-state index >= 15 is 0 Å². The fraction of sp³-hybridized carbons (Fsp3) is 0.200. The molecule has 1 heterocycles. The first-order valence-electron chi connectivity index (χ1n) is 8.43. The molecule has 4 rings (SSSR count). The van der Waals surface area contributed by atoms with Crippen LogP contribution in [0.4, 0.5) is 4.39 Å². The number of aryl methyl sites for hydroxylation is 1. The summed E-state index contributed by atoms with van der Waals surface area (Å²) in [7, 11) is 0. The molecule has 1 saturated carbocycles. The normalized spacial score (nSPS) is 15.1. The van der Waals surface area contributed by atoms with Gasteiger partial charge in [-0.15, -0.1) is 0 Å². The molecule has 3 aromatic rings. The second-order valence-electron chi connectivity index (χ2n) is 7.02. The molecule has 0 spiro atoms. The predicted molar refractivity (Wildman–Crippen MR) is 98.0 cm³/mol. The molecule has 1 aromatic heterocycles. The van der Waals surface area contributed by atoms with Gasteiger partial charge in [-0.3, -0.25) is 4.79 Å². The Morgan fingerprint density at radius 2 is 1.96 bits per heavy atom. The van der Waals surface area contributed by atoms with E-state index in [-0.39, 0.29) is 11.1 Å². The van der Waals surface area contributed by atoms with E-state index in [4.69, 9.17) is 5.73 Å². The molecule has 27 heavy (non-hydrogen) atoms. The highest BCUT2D eigenvalue weighted by molar-refractivity contribution is 5.93. The van der Waals surface area contributed by atoms with Crippen molar-refractivity contribution in [1.29, 1.82) is 0 Å². The second-order valence-corrected chi connectivity index (χ2v) is 7.02. The van der Waals surface area contributed by atoms with Crippen LogP contribution < -0.4 is 11.2 Å². The van der Waals surface area contributed by atoms with Gasteiger partial charge in [-0.2, -0.15) is 0 Å².